The fraction of sp³-hybridized carbons (Fsp3) is 0.0714. The van der Waals surface area contributed by atoms with Crippen LogP contribution in [0.5, 0.6) is 0 Å². The Morgan fingerprint density at radius 1 is 1.37 bits per heavy atom. The summed E-state index contributed by atoms with van der Waals surface area (Å²) >= 11 is 0. The van der Waals surface area contributed by atoms with Crippen molar-refractivity contribution in [2.24, 2.45) is 0 Å². The maximum absolute atomic E-state index is 11.4. The average Bonchev–Trinajstić information content (AvgIpc) is 2.38. The number of carbonyl (C=O) groups excluding carboxylic acids is 1. The highest BCUT2D eigenvalue weighted by atomic mass is 16.4. The third kappa shape index (κ3) is 2.69. The van der Waals surface area contributed by atoms with Crippen LogP contribution in [0.3, 0.4) is 0 Å². The monoisotopic (exact) mass is 256 g/mol. The van der Waals surface area contributed by atoms with E-state index < -0.39 is 17.2 Å². The molecule has 0 aliphatic carbocycles. The molecule has 0 amide bonds. The summed E-state index contributed by atoms with van der Waals surface area (Å²) < 4.78 is 4.89. The molecule has 2 aromatic rings. The molecule has 0 spiro atoms. The lowest BCUT2D eigenvalue weighted by Gasteiger charge is -1.99. The van der Waals surface area contributed by atoms with Crippen LogP contribution in [0.25, 0.3) is 11.0 Å². The third-order valence-corrected chi connectivity index (χ3v) is 2.38. The Hall–Kier alpha value is -2.87. The summed E-state index contributed by atoms with van der Waals surface area (Å²) in [5, 5.41) is 9.31. The quantitative estimate of drug-likeness (QED) is 0.499. The van der Waals surface area contributed by atoms with Gasteiger partial charge in [-0.25, -0.2) is 9.59 Å². The molecule has 2 rings (SSSR count). The second-order valence-electron chi connectivity index (χ2n) is 3.68. The number of benzene rings is 1. The number of hydrogen-bond acceptors (Lipinski definition) is 4. The van der Waals surface area contributed by atoms with Gasteiger partial charge in [0, 0.05) is 10.9 Å². The van der Waals surface area contributed by atoms with E-state index in [1.807, 2.05) is 0 Å². The number of carbonyl (C=O) groups is 2. The summed E-state index contributed by atoms with van der Waals surface area (Å²) in [6, 6.07) is 6.01. The van der Waals surface area contributed by atoms with Crippen LogP contribution in [0.2, 0.25) is 0 Å². The van der Waals surface area contributed by atoms with E-state index in [0.29, 0.717) is 17.2 Å². The van der Waals surface area contributed by atoms with Crippen LogP contribution in [-0.2, 0) is 4.79 Å². The lowest BCUT2D eigenvalue weighted by molar-refractivity contribution is -0.107. The van der Waals surface area contributed by atoms with Gasteiger partial charge in [-0.05, 0) is 24.3 Å². The molecule has 0 aliphatic rings. The molecule has 0 unspecified atom stereocenters. The van der Waals surface area contributed by atoms with E-state index in [9.17, 15) is 14.4 Å². The van der Waals surface area contributed by atoms with Gasteiger partial charge in [0.05, 0.1) is 6.42 Å². The van der Waals surface area contributed by atoms with Crippen molar-refractivity contribution in [3.05, 3.63) is 45.8 Å². The molecule has 1 aromatic heterocycles. The number of fused-ring (bicyclic) bond motifs is 1. The molecule has 0 aliphatic heterocycles. The fourth-order valence-electron chi connectivity index (χ4n) is 1.55. The maximum atomic E-state index is 11.4. The maximum Gasteiger partial charge on any atom is 0.351 e. The van der Waals surface area contributed by atoms with E-state index in [1.165, 1.54) is 12.1 Å². The van der Waals surface area contributed by atoms with Crippen molar-refractivity contribution >= 4 is 23.2 Å². The lowest BCUT2D eigenvalue weighted by atomic mass is 10.1. The minimum atomic E-state index is -1.34. The number of carboxylic acids is 1. The van der Waals surface area contributed by atoms with Gasteiger partial charge in [0.2, 0.25) is 0 Å². The van der Waals surface area contributed by atoms with Crippen LogP contribution >= 0.6 is 0 Å². The Labute approximate surface area is 107 Å². The fourth-order valence-corrected chi connectivity index (χ4v) is 1.55. The summed E-state index contributed by atoms with van der Waals surface area (Å²) in [6.07, 6.45) is 0.817. The van der Waals surface area contributed by atoms with Crippen LogP contribution in [0, 0.1) is 11.8 Å². The van der Waals surface area contributed by atoms with E-state index in [2.05, 4.69) is 11.8 Å². The van der Waals surface area contributed by atoms with Gasteiger partial charge in [0.15, 0.2) is 0 Å². The minimum absolute atomic E-state index is 0.127. The number of aromatic carboxylic acids is 1. The molecule has 94 valence electrons. The van der Waals surface area contributed by atoms with Gasteiger partial charge in [0.25, 0.3) is 0 Å². The predicted molar refractivity (Wildman–Crippen MR) is 67.0 cm³/mol. The van der Waals surface area contributed by atoms with Gasteiger partial charge in [0.1, 0.15) is 17.4 Å². The number of hydrogen-bond donors (Lipinski definition) is 1. The van der Waals surface area contributed by atoms with Crippen LogP contribution in [0.1, 0.15) is 22.3 Å². The standard InChI is InChI=1S/C14H8O5/c15-6-2-1-3-9-4-5-12-10(7-9)8-11(13(16)17)14(18)19-12/h4-8H,2H2,(H,16,17). The number of carboxylic acid groups (broad SMARTS) is 1. The highest BCUT2D eigenvalue weighted by molar-refractivity contribution is 5.91. The zero-order chi connectivity index (χ0) is 13.8. The smallest absolute Gasteiger partial charge is 0.351 e. The van der Waals surface area contributed by atoms with Crippen molar-refractivity contribution in [2.45, 2.75) is 6.42 Å². The minimum Gasteiger partial charge on any atom is -0.477 e. The molecule has 19 heavy (non-hydrogen) atoms. The van der Waals surface area contributed by atoms with Gasteiger partial charge < -0.3 is 14.3 Å². The first kappa shape index (κ1) is 12.6. The Balaban J connectivity index is 2.56. The third-order valence-electron chi connectivity index (χ3n) is 2.38. The largest absolute Gasteiger partial charge is 0.477 e. The van der Waals surface area contributed by atoms with Crippen LogP contribution in [0.4, 0.5) is 0 Å². The normalized spacial score (nSPS) is 9.68. The molecule has 0 saturated heterocycles. The second kappa shape index (κ2) is 5.19. The SMILES string of the molecule is O=CCC#Cc1ccc2oc(=O)c(C(=O)O)cc2c1. The van der Waals surface area contributed by atoms with Gasteiger partial charge in [-0.2, -0.15) is 0 Å². The van der Waals surface area contributed by atoms with Crippen molar-refractivity contribution < 1.29 is 19.1 Å². The van der Waals surface area contributed by atoms with E-state index in [-0.39, 0.29) is 12.0 Å². The second-order valence-corrected chi connectivity index (χ2v) is 3.68. The predicted octanol–water partition coefficient (Wildman–Crippen LogP) is 1.43. The Morgan fingerprint density at radius 2 is 2.16 bits per heavy atom. The topological polar surface area (TPSA) is 84.6 Å². The molecule has 1 N–H and O–H groups in total. The Kier molecular flexibility index (Phi) is 3.44. The lowest BCUT2D eigenvalue weighted by Crippen LogP contribution is -2.12. The van der Waals surface area contributed by atoms with Gasteiger partial charge in [-0.15, -0.1) is 0 Å². The molecular weight excluding hydrogens is 248 g/mol. The first-order valence-corrected chi connectivity index (χ1v) is 5.35. The summed E-state index contributed by atoms with van der Waals surface area (Å²) in [5.74, 6) is 4.05. The highest BCUT2D eigenvalue weighted by Crippen LogP contribution is 2.15. The van der Waals surface area contributed by atoms with Crippen LogP contribution in [0.15, 0.2) is 33.5 Å². The molecule has 0 saturated carbocycles. The van der Waals surface area contributed by atoms with Gasteiger partial charge in [-0.3, -0.25) is 0 Å². The Morgan fingerprint density at radius 3 is 2.84 bits per heavy atom. The number of aldehydes is 1. The van der Waals surface area contributed by atoms with Crippen molar-refractivity contribution in [3.8, 4) is 11.8 Å². The van der Waals surface area contributed by atoms with Crippen molar-refractivity contribution in [3.63, 3.8) is 0 Å². The van der Waals surface area contributed by atoms with Crippen molar-refractivity contribution in [1.82, 2.24) is 0 Å². The Bertz CT molecular complexity index is 774. The van der Waals surface area contributed by atoms with E-state index in [1.54, 1.807) is 12.1 Å². The highest BCUT2D eigenvalue weighted by Gasteiger charge is 2.11. The molecule has 5 heteroatoms. The summed E-state index contributed by atoms with van der Waals surface area (Å²) in [4.78, 5) is 32.3. The molecule has 1 heterocycles. The molecule has 1 aromatic carbocycles. The van der Waals surface area contributed by atoms with Crippen molar-refractivity contribution in [2.75, 3.05) is 0 Å². The first-order chi connectivity index (χ1) is 9.11. The molecule has 0 radical (unpaired) electrons. The summed E-state index contributed by atoms with van der Waals surface area (Å²) in [5.41, 5.74) is -0.416. The molecule has 5 nitrogen and oxygen atoms in total. The van der Waals surface area contributed by atoms with Crippen molar-refractivity contribution in [1.29, 1.82) is 0 Å². The van der Waals surface area contributed by atoms with E-state index in [0.717, 1.165) is 0 Å². The molecule has 0 fully saturated rings. The van der Waals surface area contributed by atoms with E-state index >= 15 is 0 Å². The van der Waals surface area contributed by atoms with E-state index in [4.69, 9.17) is 9.52 Å². The molecule has 0 bridgehead atoms. The van der Waals surface area contributed by atoms with Gasteiger partial charge >= 0.3 is 11.6 Å². The first-order valence-electron chi connectivity index (χ1n) is 5.35. The zero-order valence-corrected chi connectivity index (χ0v) is 9.67. The zero-order valence-electron chi connectivity index (χ0n) is 9.67. The van der Waals surface area contributed by atoms with Crippen LogP contribution in [-0.4, -0.2) is 17.4 Å². The van der Waals surface area contributed by atoms with Gasteiger partial charge in [-0.1, -0.05) is 11.8 Å². The number of rotatable bonds is 2. The summed E-state index contributed by atoms with van der Waals surface area (Å²) in [6.45, 7) is 0. The molecular formula is C14H8O5. The average molecular weight is 256 g/mol. The summed E-state index contributed by atoms with van der Waals surface area (Å²) in [7, 11) is 0. The molecule has 0 atom stereocenters. The van der Waals surface area contributed by atoms with Crippen LogP contribution < -0.4 is 5.63 Å².